The van der Waals surface area contributed by atoms with Crippen molar-refractivity contribution in [2.24, 2.45) is 11.8 Å². The van der Waals surface area contributed by atoms with Gasteiger partial charge in [-0.25, -0.2) is 4.98 Å². The number of thiazole rings is 1. The highest BCUT2D eigenvalue weighted by Crippen LogP contribution is 2.31. The van der Waals surface area contributed by atoms with E-state index in [1.54, 1.807) is 12.3 Å². The fourth-order valence-electron chi connectivity index (χ4n) is 2.74. The maximum Gasteiger partial charge on any atom is 0.311 e. The number of hydrogen-bond acceptors (Lipinski definition) is 6. The third kappa shape index (κ3) is 4.75. The van der Waals surface area contributed by atoms with Gasteiger partial charge in [0.15, 0.2) is 5.13 Å². The Morgan fingerprint density at radius 1 is 1.35 bits per heavy atom. The zero-order valence-electron chi connectivity index (χ0n) is 12.9. The number of carbonyl (C=O) groups is 3. The number of aliphatic carboxylic acids is 1. The number of rotatable bonds is 6. The van der Waals surface area contributed by atoms with Gasteiger partial charge in [-0.3, -0.25) is 14.4 Å². The lowest BCUT2D eigenvalue weighted by molar-refractivity contribution is -0.147. The van der Waals surface area contributed by atoms with Crippen molar-refractivity contribution in [3.05, 3.63) is 11.1 Å². The van der Waals surface area contributed by atoms with Crippen LogP contribution in [0.15, 0.2) is 5.38 Å². The molecular formula is C15H20N2O5S. The predicted molar refractivity (Wildman–Crippen MR) is 84.2 cm³/mol. The molecule has 2 atom stereocenters. The van der Waals surface area contributed by atoms with Crippen molar-refractivity contribution >= 4 is 34.3 Å². The minimum Gasteiger partial charge on any atom is -0.481 e. The van der Waals surface area contributed by atoms with Crippen LogP contribution < -0.4 is 5.32 Å². The van der Waals surface area contributed by atoms with Crippen molar-refractivity contribution in [3.8, 4) is 0 Å². The van der Waals surface area contributed by atoms with Crippen LogP contribution in [0.1, 0.15) is 38.3 Å². The molecule has 0 spiro atoms. The normalized spacial score (nSPS) is 20.7. The average Bonchev–Trinajstić information content (AvgIpc) is 2.94. The first-order chi connectivity index (χ1) is 11.0. The van der Waals surface area contributed by atoms with Gasteiger partial charge < -0.3 is 15.2 Å². The van der Waals surface area contributed by atoms with E-state index in [-0.39, 0.29) is 18.3 Å². The Morgan fingerprint density at radius 2 is 2.04 bits per heavy atom. The summed E-state index contributed by atoms with van der Waals surface area (Å²) in [5.74, 6) is -2.77. The van der Waals surface area contributed by atoms with E-state index in [4.69, 9.17) is 4.74 Å². The first kappa shape index (κ1) is 17.4. The van der Waals surface area contributed by atoms with E-state index in [0.29, 0.717) is 30.3 Å². The molecule has 0 aliphatic heterocycles. The quantitative estimate of drug-likeness (QED) is 0.768. The lowest BCUT2D eigenvalue weighted by Crippen LogP contribution is -2.36. The molecule has 0 saturated heterocycles. The van der Waals surface area contributed by atoms with Gasteiger partial charge in [0.1, 0.15) is 0 Å². The van der Waals surface area contributed by atoms with Gasteiger partial charge in [-0.05, 0) is 19.8 Å². The molecule has 8 heteroatoms. The molecule has 0 radical (unpaired) electrons. The Bertz CT molecular complexity index is 586. The molecule has 1 aliphatic carbocycles. The summed E-state index contributed by atoms with van der Waals surface area (Å²) in [6.45, 7) is 2.04. The van der Waals surface area contributed by atoms with Crippen molar-refractivity contribution < 1.29 is 24.2 Å². The summed E-state index contributed by atoms with van der Waals surface area (Å²) in [7, 11) is 0. The van der Waals surface area contributed by atoms with Gasteiger partial charge in [-0.1, -0.05) is 12.8 Å². The number of carboxylic acid groups (broad SMARTS) is 1. The zero-order chi connectivity index (χ0) is 16.8. The Hall–Kier alpha value is -1.96. The predicted octanol–water partition coefficient (Wildman–Crippen LogP) is 2.08. The van der Waals surface area contributed by atoms with E-state index in [9.17, 15) is 19.5 Å². The van der Waals surface area contributed by atoms with Gasteiger partial charge in [-0.2, -0.15) is 0 Å². The minimum absolute atomic E-state index is 0.0569. The second-order valence-electron chi connectivity index (χ2n) is 5.45. The molecule has 1 fully saturated rings. The summed E-state index contributed by atoms with van der Waals surface area (Å²) in [6, 6.07) is 0. The molecule has 1 aromatic rings. The zero-order valence-corrected chi connectivity index (χ0v) is 13.7. The largest absolute Gasteiger partial charge is 0.481 e. The van der Waals surface area contributed by atoms with Gasteiger partial charge in [0.05, 0.1) is 30.6 Å². The molecule has 2 N–H and O–H groups in total. The highest BCUT2D eigenvalue weighted by molar-refractivity contribution is 7.13. The number of nitrogens with zero attached hydrogens (tertiary/aromatic N) is 1. The third-order valence-electron chi connectivity index (χ3n) is 3.83. The Balaban J connectivity index is 1.96. The summed E-state index contributed by atoms with van der Waals surface area (Å²) in [4.78, 5) is 39.2. The van der Waals surface area contributed by atoms with E-state index < -0.39 is 17.8 Å². The maximum atomic E-state index is 12.3. The molecular weight excluding hydrogens is 320 g/mol. The van der Waals surface area contributed by atoms with E-state index >= 15 is 0 Å². The van der Waals surface area contributed by atoms with Gasteiger partial charge in [-0.15, -0.1) is 11.3 Å². The molecule has 7 nitrogen and oxygen atoms in total. The van der Waals surface area contributed by atoms with Crippen molar-refractivity contribution in [1.29, 1.82) is 0 Å². The number of ether oxygens (including phenoxy) is 1. The van der Waals surface area contributed by atoms with Crippen LogP contribution in [-0.2, 0) is 25.5 Å². The average molecular weight is 340 g/mol. The molecule has 1 aromatic heterocycles. The molecule has 0 bridgehead atoms. The Labute approximate surface area is 138 Å². The first-order valence-corrected chi connectivity index (χ1v) is 8.53. The lowest BCUT2D eigenvalue weighted by Gasteiger charge is -2.26. The molecule has 126 valence electrons. The summed E-state index contributed by atoms with van der Waals surface area (Å²) < 4.78 is 4.84. The van der Waals surface area contributed by atoms with Crippen LogP contribution in [0.2, 0.25) is 0 Å². The number of esters is 1. The van der Waals surface area contributed by atoms with Crippen LogP contribution >= 0.6 is 11.3 Å². The molecule has 0 aromatic carbocycles. The van der Waals surface area contributed by atoms with Gasteiger partial charge >= 0.3 is 11.9 Å². The topological polar surface area (TPSA) is 106 Å². The van der Waals surface area contributed by atoms with E-state index in [0.717, 1.165) is 12.8 Å². The van der Waals surface area contributed by atoms with Crippen LogP contribution in [0.3, 0.4) is 0 Å². The third-order valence-corrected chi connectivity index (χ3v) is 4.64. The maximum absolute atomic E-state index is 12.3. The van der Waals surface area contributed by atoms with Crippen molar-refractivity contribution in [2.45, 2.75) is 39.0 Å². The summed E-state index contributed by atoms with van der Waals surface area (Å²) >= 11 is 1.21. The Morgan fingerprint density at radius 3 is 2.70 bits per heavy atom. The van der Waals surface area contributed by atoms with Crippen molar-refractivity contribution in [3.63, 3.8) is 0 Å². The monoisotopic (exact) mass is 340 g/mol. The number of carboxylic acids is 1. The molecule has 2 rings (SSSR count). The molecule has 1 aliphatic rings. The minimum atomic E-state index is -0.924. The molecule has 1 amide bonds. The Kier molecular flexibility index (Phi) is 6.09. The van der Waals surface area contributed by atoms with Crippen molar-refractivity contribution in [2.75, 3.05) is 11.9 Å². The van der Waals surface area contributed by atoms with Crippen LogP contribution in [0.4, 0.5) is 5.13 Å². The molecule has 0 unspecified atom stereocenters. The first-order valence-electron chi connectivity index (χ1n) is 7.65. The molecule has 1 saturated carbocycles. The number of nitrogens with one attached hydrogen (secondary N) is 1. The van der Waals surface area contributed by atoms with Crippen LogP contribution in [0.5, 0.6) is 0 Å². The smallest absolute Gasteiger partial charge is 0.311 e. The lowest BCUT2D eigenvalue weighted by atomic mass is 9.79. The fourth-order valence-corrected chi connectivity index (χ4v) is 3.46. The number of aromatic nitrogens is 1. The summed E-state index contributed by atoms with van der Waals surface area (Å²) in [6.07, 6.45) is 2.85. The van der Waals surface area contributed by atoms with Gasteiger partial charge in [0, 0.05) is 5.38 Å². The van der Waals surface area contributed by atoms with E-state index in [1.807, 2.05) is 0 Å². The standard InChI is InChI=1S/C15H20N2O5S/c1-2-22-12(18)7-9-8-23-15(16-9)17-13(19)10-5-3-4-6-11(10)14(20)21/h8,10-11H,2-7H2,1H3,(H,20,21)(H,16,17,19)/t10-,11+/m1/s1. The number of carbonyl (C=O) groups excluding carboxylic acids is 2. The van der Waals surface area contributed by atoms with E-state index in [2.05, 4.69) is 10.3 Å². The van der Waals surface area contributed by atoms with Crippen LogP contribution in [0, 0.1) is 11.8 Å². The van der Waals surface area contributed by atoms with Gasteiger partial charge in [0.25, 0.3) is 0 Å². The van der Waals surface area contributed by atoms with Gasteiger partial charge in [0.2, 0.25) is 5.91 Å². The summed E-state index contributed by atoms with van der Waals surface area (Å²) in [5.41, 5.74) is 0.530. The summed E-state index contributed by atoms with van der Waals surface area (Å²) in [5, 5.41) is 14.0. The van der Waals surface area contributed by atoms with Crippen LogP contribution in [0.25, 0.3) is 0 Å². The second-order valence-corrected chi connectivity index (χ2v) is 6.31. The van der Waals surface area contributed by atoms with Crippen LogP contribution in [-0.4, -0.2) is 34.5 Å². The molecule has 1 heterocycles. The number of anilines is 1. The highest BCUT2D eigenvalue weighted by Gasteiger charge is 2.35. The van der Waals surface area contributed by atoms with E-state index in [1.165, 1.54) is 11.3 Å². The van der Waals surface area contributed by atoms with Crippen molar-refractivity contribution in [1.82, 2.24) is 4.98 Å². The highest BCUT2D eigenvalue weighted by atomic mass is 32.1. The fraction of sp³-hybridized carbons (Fsp3) is 0.600. The molecule has 23 heavy (non-hydrogen) atoms. The number of amides is 1. The number of hydrogen-bond donors (Lipinski definition) is 2. The SMILES string of the molecule is CCOC(=O)Cc1csc(NC(=O)[C@@H]2CCCC[C@@H]2C(=O)O)n1. The second kappa shape index (κ2) is 8.05.